The van der Waals surface area contributed by atoms with Gasteiger partial charge in [0.2, 0.25) is 5.91 Å². The molecule has 0 saturated carbocycles. The molecule has 2 rings (SSSR count). The Hall–Kier alpha value is -2.09. The molecular formula is C16H19BrN2O5. The second-order valence-electron chi connectivity index (χ2n) is 5.71. The van der Waals surface area contributed by atoms with E-state index in [1.807, 2.05) is 13.8 Å². The zero-order chi connectivity index (χ0) is 17.9. The molecular weight excluding hydrogens is 380 g/mol. The molecule has 0 fully saturated rings. The molecule has 1 heterocycles. The van der Waals surface area contributed by atoms with Crippen molar-refractivity contribution in [1.29, 1.82) is 0 Å². The van der Waals surface area contributed by atoms with Gasteiger partial charge in [-0.05, 0) is 32.0 Å². The Morgan fingerprint density at radius 1 is 1.42 bits per heavy atom. The molecule has 0 aromatic heterocycles. The molecule has 1 aliphatic rings. The molecule has 1 aromatic carbocycles. The van der Waals surface area contributed by atoms with Crippen LogP contribution in [0.4, 0.5) is 5.69 Å². The predicted octanol–water partition coefficient (Wildman–Crippen LogP) is 1.89. The number of hydrogen-bond acceptors (Lipinski definition) is 4. The standard InChI is InChI=1S/C16H19BrN2O5/c1-10(2)18(6-5-16(22)23)14(20)8-19-12-4-3-11(17)7-13(12)24-9-15(19)21/h3-4,7,10H,5-6,8-9H2,1-2H3,(H,22,23). The molecule has 8 heteroatoms. The fourth-order valence-corrected chi connectivity index (χ4v) is 2.80. The van der Waals surface area contributed by atoms with Gasteiger partial charge >= 0.3 is 5.97 Å². The van der Waals surface area contributed by atoms with Crippen LogP contribution in [-0.4, -0.2) is 53.5 Å². The number of ether oxygens (including phenoxy) is 1. The summed E-state index contributed by atoms with van der Waals surface area (Å²) in [6, 6.07) is 5.06. The Morgan fingerprint density at radius 3 is 2.75 bits per heavy atom. The third-order valence-electron chi connectivity index (χ3n) is 3.67. The molecule has 0 atom stereocenters. The summed E-state index contributed by atoms with van der Waals surface area (Å²) in [5.74, 6) is -1.04. The first-order valence-electron chi connectivity index (χ1n) is 7.53. The summed E-state index contributed by atoms with van der Waals surface area (Å²) in [6.45, 7) is 3.46. The Bertz CT molecular complexity index is 662. The number of anilines is 1. The molecule has 7 nitrogen and oxygen atoms in total. The van der Waals surface area contributed by atoms with Crippen molar-refractivity contribution < 1.29 is 24.2 Å². The average molecular weight is 399 g/mol. The van der Waals surface area contributed by atoms with Gasteiger partial charge in [-0.3, -0.25) is 19.3 Å². The maximum atomic E-state index is 12.6. The summed E-state index contributed by atoms with van der Waals surface area (Å²) in [5.41, 5.74) is 0.532. The van der Waals surface area contributed by atoms with Crippen LogP contribution in [0, 0.1) is 0 Å². The van der Waals surface area contributed by atoms with Crippen LogP contribution in [0.25, 0.3) is 0 Å². The smallest absolute Gasteiger partial charge is 0.305 e. The highest BCUT2D eigenvalue weighted by molar-refractivity contribution is 9.10. The van der Waals surface area contributed by atoms with E-state index in [4.69, 9.17) is 9.84 Å². The molecule has 1 aliphatic heterocycles. The monoisotopic (exact) mass is 398 g/mol. The van der Waals surface area contributed by atoms with E-state index in [2.05, 4.69) is 15.9 Å². The number of carbonyl (C=O) groups excluding carboxylic acids is 2. The SMILES string of the molecule is CC(C)N(CCC(=O)O)C(=O)CN1C(=O)COc2cc(Br)ccc21. The van der Waals surface area contributed by atoms with Gasteiger partial charge in [-0.1, -0.05) is 15.9 Å². The number of carboxylic acids is 1. The molecule has 0 saturated heterocycles. The number of fused-ring (bicyclic) bond motifs is 1. The molecule has 0 bridgehead atoms. The maximum Gasteiger partial charge on any atom is 0.305 e. The van der Waals surface area contributed by atoms with Crippen LogP contribution in [0.2, 0.25) is 0 Å². The van der Waals surface area contributed by atoms with Crippen LogP contribution >= 0.6 is 15.9 Å². The van der Waals surface area contributed by atoms with Crippen LogP contribution in [-0.2, 0) is 14.4 Å². The highest BCUT2D eigenvalue weighted by Gasteiger charge is 2.29. The molecule has 0 radical (unpaired) electrons. The molecule has 2 amide bonds. The van der Waals surface area contributed by atoms with E-state index in [1.54, 1.807) is 18.2 Å². The highest BCUT2D eigenvalue weighted by Crippen LogP contribution is 2.34. The highest BCUT2D eigenvalue weighted by atomic mass is 79.9. The molecule has 0 unspecified atom stereocenters. The fraction of sp³-hybridized carbons (Fsp3) is 0.438. The largest absolute Gasteiger partial charge is 0.482 e. The molecule has 24 heavy (non-hydrogen) atoms. The number of nitrogens with zero attached hydrogens (tertiary/aromatic N) is 2. The third-order valence-corrected chi connectivity index (χ3v) is 4.16. The lowest BCUT2D eigenvalue weighted by Crippen LogP contribution is -2.48. The summed E-state index contributed by atoms with van der Waals surface area (Å²) in [7, 11) is 0. The van der Waals surface area contributed by atoms with Gasteiger partial charge in [-0.15, -0.1) is 0 Å². The summed E-state index contributed by atoms with van der Waals surface area (Å²) in [4.78, 5) is 38.3. The molecule has 130 valence electrons. The van der Waals surface area contributed by atoms with Crippen molar-refractivity contribution in [2.24, 2.45) is 0 Å². The van der Waals surface area contributed by atoms with Crippen molar-refractivity contribution in [3.05, 3.63) is 22.7 Å². The molecule has 1 aromatic rings. The summed E-state index contributed by atoms with van der Waals surface area (Å²) in [6.07, 6.45) is -0.134. The number of amides is 2. The van der Waals surface area contributed by atoms with Crippen molar-refractivity contribution in [2.75, 3.05) is 24.6 Å². The van der Waals surface area contributed by atoms with Gasteiger partial charge < -0.3 is 14.7 Å². The Balaban J connectivity index is 2.17. The van der Waals surface area contributed by atoms with E-state index in [0.29, 0.717) is 11.4 Å². The van der Waals surface area contributed by atoms with Crippen LogP contribution in [0.1, 0.15) is 20.3 Å². The zero-order valence-electron chi connectivity index (χ0n) is 13.5. The van der Waals surface area contributed by atoms with Crippen molar-refractivity contribution >= 4 is 39.4 Å². The minimum atomic E-state index is -0.967. The van der Waals surface area contributed by atoms with Gasteiger partial charge in [0.25, 0.3) is 5.91 Å². The van der Waals surface area contributed by atoms with Crippen LogP contribution in [0.15, 0.2) is 22.7 Å². The van der Waals surface area contributed by atoms with E-state index in [1.165, 1.54) is 9.80 Å². The van der Waals surface area contributed by atoms with Gasteiger partial charge in [0.05, 0.1) is 12.1 Å². The zero-order valence-corrected chi connectivity index (χ0v) is 15.1. The first-order chi connectivity index (χ1) is 11.3. The van der Waals surface area contributed by atoms with E-state index < -0.39 is 5.97 Å². The lowest BCUT2D eigenvalue weighted by Gasteiger charge is -2.32. The van der Waals surface area contributed by atoms with Gasteiger partial charge in [0, 0.05) is 17.1 Å². The lowest BCUT2D eigenvalue weighted by atomic mass is 10.2. The van der Waals surface area contributed by atoms with Crippen LogP contribution in [0.5, 0.6) is 5.75 Å². The Morgan fingerprint density at radius 2 is 2.12 bits per heavy atom. The second-order valence-corrected chi connectivity index (χ2v) is 6.62. The quantitative estimate of drug-likeness (QED) is 0.790. The van der Waals surface area contributed by atoms with Crippen LogP contribution in [0.3, 0.4) is 0 Å². The van der Waals surface area contributed by atoms with Gasteiger partial charge in [0.15, 0.2) is 6.61 Å². The predicted molar refractivity (Wildman–Crippen MR) is 91.1 cm³/mol. The van der Waals surface area contributed by atoms with E-state index >= 15 is 0 Å². The number of halogens is 1. The molecule has 0 aliphatic carbocycles. The minimum Gasteiger partial charge on any atom is -0.482 e. The van der Waals surface area contributed by atoms with Gasteiger partial charge in [-0.2, -0.15) is 0 Å². The average Bonchev–Trinajstić information content (AvgIpc) is 2.49. The summed E-state index contributed by atoms with van der Waals surface area (Å²) in [5, 5.41) is 8.82. The number of carbonyl (C=O) groups is 3. The number of hydrogen-bond donors (Lipinski definition) is 1. The first-order valence-corrected chi connectivity index (χ1v) is 8.33. The Kier molecular flexibility index (Phi) is 5.82. The Labute approximate surface area is 148 Å². The van der Waals surface area contributed by atoms with Crippen LogP contribution < -0.4 is 9.64 Å². The van der Waals surface area contributed by atoms with E-state index in [9.17, 15) is 14.4 Å². The van der Waals surface area contributed by atoms with Crippen molar-refractivity contribution in [3.63, 3.8) is 0 Å². The van der Waals surface area contributed by atoms with E-state index in [0.717, 1.165) is 4.47 Å². The second kappa shape index (κ2) is 7.65. The number of carboxylic acid groups (broad SMARTS) is 1. The van der Waals surface area contributed by atoms with Gasteiger partial charge in [-0.25, -0.2) is 0 Å². The minimum absolute atomic E-state index is 0.109. The van der Waals surface area contributed by atoms with Gasteiger partial charge in [0.1, 0.15) is 12.3 Å². The normalized spacial score (nSPS) is 13.5. The fourth-order valence-electron chi connectivity index (χ4n) is 2.46. The number of rotatable bonds is 6. The molecule has 0 spiro atoms. The van der Waals surface area contributed by atoms with Crippen molar-refractivity contribution in [2.45, 2.75) is 26.3 Å². The van der Waals surface area contributed by atoms with E-state index in [-0.39, 0.29) is 44.0 Å². The number of benzene rings is 1. The maximum absolute atomic E-state index is 12.6. The summed E-state index contributed by atoms with van der Waals surface area (Å²) >= 11 is 3.34. The molecule has 1 N–H and O–H groups in total. The summed E-state index contributed by atoms with van der Waals surface area (Å²) < 4.78 is 6.20. The first kappa shape index (κ1) is 18.3. The number of aliphatic carboxylic acids is 1. The topological polar surface area (TPSA) is 87.2 Å². The lowest BCUT2D eigenvalue weighted by molar-refractivity contribution is -0.139. The van der Waals surface area contributed by atoms with Crippen molar-refractivity contribution in [1.82, 2.24) is 4.90 Å². The third kappa shape index (κ3) is 4.25. The van der Waals surface area contributed by atoms with Crippen molar-refractivity contribution in [3.8, 4) is 5.75 Å².